The van der Waals surface area contributed by atoms with E-state index in [1.807, 2.05) is 91.0 Å². The van der Waals surface area contributed by atoms with Crippen molar-refractivity contribution in [1.29, 1.82) is 0 Å². The van der Waals surface area contributed by atoms with Crippen LogP contribution in [0, 0.1) is 0 Å². The number of ether oxygens (including phenoxy) is 9. The van der Waals surface area contributed by atoms with E-state index in [4.69, 9.17) is 58.0 Å². The molecule has 3 aromatic rings. The summed E-state index contributed by atoms with van der Waals surface area (Å²) in [5, 5.41) is 49.6. The number of fused-ring (bicyclic) bond motifs is 1. The van der Waals surface area contributed by atoms with E-state index in [-0.39, 0.29) is 126 Å². The number of nitrogens with zero attached hydrogens (tertiary/aromatic N) is 3. The van der Waals surface area contributed by atoms with Crippen LogP contribution in [0.3, 0.4) is 0 Å². The SMILES string of the molecule is C.C.C.CO.O=C(OCc1ccccc1)N1CCOCC2OC2C1.O=C(OCc1ccccc1)N1CCOC[C@H](F)[C@@H](O)C1.O=C(OCc1ccccc1)N1CCOC[C@H](O)[C@@H](F)C1.O[C@H]1CNCCOC[C@@H]1F.O[C@H]1COCCNC[C@@H]1F. The first kappa shape index (κ1) is 76.7. The highest BCUT2D eigenvalue weighted by Crippen LogP contribution is 2.25. The number of carbonyl (C=O) groups is 3. The number of β-amino-alcohol motifs (C(OH)–C–C–N with tert-alkyl or cyclic N) is 2. The number of alkyl halides is 4. The van der Waals surface area contributed by atoms with Gasteiger partial charge in [-0.2, -0.15) is 0 Å². The van der Waals surface area contributed by atoms with Gasteiger partial charge in [-0.3, -0.25) is 0 Å². The molecule has 0 aliphatic carbocycles. The fourth-order valence-corrected chi connectivity index (χ4v) is 7.58. The number of nitrogens with one attached hydrogen (secondary N) is 2. The van der Waals surface area contributed by atoms with Crippen LogP contribution in [0.15, 0.2) is 91.0 Å². The predicted octanol–water partition coefficient (Wildman–Crippen LogP) is 4.26. The third-order valence-electron chi connectivity index (χ3n) is 12.4. The van der Waals surface area contributed by atoms with Crippen LogP contribution >= 0.6 is 0 Å². The molecule has 0 radical (unpaired) electrons. The zero-order valence-corrected chi connectivity index (χ0v) is 45.7. The normalized spacial score (nSPS) is 26.0. The Kier molecular flexibility index (Phi) is 41.1. The molecule has 6 fully saturated rings. The molecule has 3 amide bonds. The summed E-state index contributed by atoms with van der Waals surface area (Å²) in [4.78, 5) is 39.9. The number of aliphatic hydroxyl groups is 5. The van der Waals surface area contributed by atoms with E-state index in [1.165, 1.54) is 9.80 Å². The summed E-state index contributed by atoms with van der Waals surface area (Å²) in [5.74, 6) is 0. The minimum Gasteiger partial charge on any atom is -0.445 e. The van der Waals surface area contributed by atoms with Crippen molar-refractivity contribution in [3.8, 4) is 0 Å². The van der Waals surface area contributed by atoms with Crippen molar-refractivity contribution in [2.24, 2.45) is 0 Å². The molecule has 22 nitrogen and oxygen atoms in total. The molecule has 26 heteroatoms. The number of hydrogen-bond donors (Lipinski definition) is 7. The van der Waals surface area contributed by atoms with Crippen LogP contribution in [-0.2, 0) is 62.5 Å². The molecular weight excluding hydrogens is 1110 g/mol. The standard InChI is InChI=1S/2C14H18FNO4.C14H17NO4.2C6H12FNO2.CH4O.3CH4/c15-12-10-19-7-6-16(8-13(12)17)14(18)20-9-11-4-2-1-3-5-11;15-12-8-16(6-7-19-10-13(12)17)14(18)20-9-11-4-2-1-3-5-11;16-14(18-9-11-4-2-1-3-5-11)15-6-7-17-10-13-12(8-15)19-13;7-5-4-10-2-1-8-3-6(5)9;7-5-3-8-1-2-10-4-6(5)9;1-2;;;/h2*1-5,12-13,17H,6-10H2;1-5,12-13H,6-10H2;2*5-6,8-9H,1-4H2;2H,1H3;3*1H4/t2*12-,13-;;2*5-,6-;;;;/m00.00..../s1. The molecule has 7 N–H and O–H groups in total. The summed E-state index contributed by atoms with van der Waals surface area (Å²) in [5.41, 5.74) is 2.72. The van der Waals surface area contributed by atoms with Crippen molar-refractivity contribution in [1.82, 2.24) is 25.3 Å². The van der Waals surface area contributed by atoms with Crippen LogP contribution in [0.4, 0.5) is 31.9 Å². The van der Waals surface area contributed by atoms with E-state index in [0.717, 1.165) is 23.8 Å². The fraction of sp³-hybridized carbons (Fsp3) is 0.638. The first-order valence-corrected chi connectivity index (χ1v) is 26.8. The lowest BCUT2D eigenvalue weighted by molar-refractivity contribution is -0.0412. The quantitative estimate of drug-likeness (QED) is 0.103. The topological polar surface area (TPSA) is 273 Å². The van der Waals surface area contributed by atoms with E-state index in [9.17, 15) is 42.2 Å². The number of aliphatic hydroxyl groups excluding tert-OH is 5. The van der Waals surface area contributed by atoms with Crippen molar-refractivity contribution in [3.05, 3.63) is 108 Å². The Hall–Kier alpha value is -5.33. The summed E-state index contributed by atoms with van der Waals surface area (Å²) in [6.07, 6.45) is -11.0. The average molecular weight is 1210 g/mol. The Morgan fingerprint density at radius 3 is 1.30 bits per heavy atom. The van der Waals surface area contributed by atoms with Crippen molar-refractivity contribution >= 4 is 18.3 Å². The molecule has 10 atom stereocenters. The molecule has 0 spiro atoms. The van der Waals surface area contributed by atoms with Gasteiger partial charge in [-0.05, 0) is 16.7 Å². The van der Waals surface area contributed by atoms with Crippen molar-refractivity contribution in [3.63, 3.8) is 0 Å². The molecule has 6 heterocycles. The second-order valence-corrected chi connectivity index (χ2v) is 18.8. The summed E-state index contributed by atoms with van der Waals surface area (Å²) in [6.45, 7) is 6.55. The van der Waals surface area contributed by atoms with Gasteiger partial charge in [-0.25, -0.2) is 31.9 Å². The highest BCUT2D eigenvalue weighted by Gasteiger charge is 2.42. The highest BCUT2D eigenvalue weighted by atomic mass is 19.1. The van der Waals surface area contributed by atoms with Crippen LogP contribution in [0.25, 0.3) is 0 Å². The first-order chi connectivity index (χ1) is 39.3. The first-order valence-electron chi connectivity index (χ1n) is 26.8. The van der Waals surface area contributed by atoms with Gasteiger partial charge in [-0.15, -0.1) is 0 Å². The Labute approximate surface area is 492 Å². The van der Waals surface area contributed by atoms with Gasteiger partial charge in [0.15, 0.2) is 12.3 Å². The molecule has 480 valence electrons. The smallest absolute Gasteiger partial charge is 0.410 e. The lowest BCUT2D eigenvalue weighted by Gasteiger charge is -2.28. The number of halogens is 4. The largest absolute Gasteiger partial charge is 0.445 e. The third-order valence-corrected chi connectivity index (χ3v) is 12.4. The fourth-order valence-electron chi connectivity index (χ4n) is 7.58. The second-order valence-electron chi connectivity index (χ2n) is 18.8. The van der Waals surface area contributed by atoms with E-state index in [2.05, 4.69) is 10.6 Å². The van der Waals surface area contributed by atoms with Gasteiger partial charge >= 0.3 is 18.3 Å². The lowest BCUT2D eigenvalue weighted by Crippen LogP contribution is -2.46. The number of amides is 3. The molecule has 0 saturated carbocycles. The van der Waals surface area contributed by atoms with E-state index >= 15 is 0 Å². The number of rotatable bonds is 6. The Morgan fingerprint density at radius 1 is 0.452 bits per heavy atom. The van der Waals surface area contributed by atoms with Gasteiger partial charge in [-0.1, -0.05) is 113 Å². The van der Waals surface area contributed by atoms with Crippen molar-refractivity contribution in [2.75, 3.05) is 139 Å². The molecule has 6 saturated heterocycles. The molecule has 6 aliphatic heterocycles. The minimum absolute atomic E-state index is 0. The van der Waals surface area contributed by atoms with Crippen LogP contribution in [-0.4, -0.2) is 258 Å². The van der Waals surface area contributed by atoms with Gasteiger partial charge < -0.3 is 93.5 Å². The molecule has 2 unspecified atom stereocenters. The zero-order valence-electron chi connectivity index (χ0n) is 45.7. The van der Waals surface area contributed by atoms with E-state index in [0.29, 0.717) is 65.8 Å². The average Bonchev–Trinajstić information content (AvgIpc) is 3.89. The summed E-state index contributed by atoms with van der Waals surface area (Å²) >= 11 is 0. The second kappa shape index (κ2) is 45.1. The number of carbonyl (C=O) groups excluding carboxylic acids is 3. The molecule has 3 aromatic carbocycles. The summed E-state index contributed by atoms with van der Waals surface area (Å²) in [7, 11) is 1.00. The van der Waals surface area contributed by atoms with Gasteiger partial charge in [0.1, 0.15) is 62.7 Å². The molecule has 0 aromatic heterocycles. The molecule has 84 heavy (non-hydrogen) atoms. The maximum absolute atomic E-state index is 13.6. The van der Waals surface area contributed by atoms with Crippen LogP contribution < -0.4 is 10.6 Å². The predicted molar refractivity (Wildman–Crippen MR) is 305 cm³/mol. The zero-order chi connectivity index (χ0) is 58.6. The molecular formula is C58H93F4N5O17. The van der Waals surface area contributed by atoms with Gasteiger partial charge in [0.05, 0.1) is 91.8 Å². The van der Waals surface area contributed by atoms with Gasteiger partial charge in [0.2, 0.25) is 0 Å². The summed E-state index contributed by atoms with van der Waals surface area (Å²) in [6, 6.07) is 28.2. The van der Waals surface area contributed by atoms with Crippen LogP contribution in [0.2, 0.25) is 0 Å². The Morgan fingerprint density at radius 2 is 0.821 bits per heavy atom. The number of hydrogen-bond acceptors (Lipinski definition) is 19. The number of benzene rings is 3. The van der Waals surface area contributed by atoms with Gasteiger partial charge in [0, 0.05) is 52.9 Å². The van der Waals surface area contributed by atoms with Crippen LogP contribution in [0.5, 0.6) is 0 Å². The molecule has 0 bridgehead atoms. The summed E-state index contributed by atoms with van der Waals surface area (Å²) < 4.78 is 98.4. The monoisotopic (exact) mass is 1210 g/mol. The molecule has 9 rings (SSSR count). The number of epoxide rings is 1. The van der Waals surface area contributed by atoms with E-state index < -0.39 is 61.3 Å². The third kappa shape index (κ3) is 31.2. The highest BCUT2D eigenvalue weighted by molar-refractivity contribution is 5.68. The molecule has 6 aliphatic rings. The Balaban J connectivity index is 0.000000530. The Bertz CT molecular complexity index is 2000. The van der Waals surface area contributed by atoms with E-state index in [1.54, 1.807) is 4.90 Å². The van der Waals surface area contributed by atoms with Crippen LogP contribution in [0.1, 0.15) is 39.0 Å². The minimum atomic E-state index is -1.53. The lowest BCUT2D eigenvalue weighted by atomic mass is 10.2. The maximum atomic E-state index is 13.6. The van der Waals surface area contributed by atoms with Crippen molar-refractivity contribution < 1.29 is 100 Å². The maximum Gasteiger partial charge on any atom is 0.410 e. The van der Waals surface area contributed by atoms with Gasteiger partial charge in [0.25, 0.3) is 0 Å². The van der Waals surface area contributed by atoms with Crippen molar-refractivity contribution in [2.45, 2.75) is 103 Å².